The van der Waals surface area contributed by atoms with Crippen molar-refractivity contribution in [2.75, 3.05) is 6.54 Å². The molecule has 4 rings (SSSR count). The maximum Gasteiger partial charge on any atom is 0.272 e. The molecule has 4 heterocycles. The van der Waals surface area contributed by atoms with Crippen LogP contribution >= 0.6 is 11.3 Å². The van der Waals surface area contributed by atoms with Crippen LogP contribution < -0.4 is 5.56 Å². The van der Waals surface area contributed by atoms with E-state index in [1.165, 1.54) is 16.8 Å². The van der Waals surface area contributed by atoms with Crippen LogP contribution in [0, 0.1) is 11.3 Å². The normalized spacial score (nSPS) is 18.5. The average Bonchev–Trinajstić information content (AvgIpc) is 3.27. The third kappa shape index (κ3) is 2.44. The van der Waals surface area contributed by atoms with Gasteiger partial charge >= 0.3 is 0 Å². The second-order valence-electron chi connectivity index (χ2n) is 5.54. The van der Waals surface area contributed by atoms with Gasteiger partial charge in [0.05, 0.1) is 11.7 Å². The molecule has 1 unspecified atom stereocenters. The van der Waals surface area contributed by atoms with Gasteiger partial charge in [-0.05, 0) is 19.4 Å². The van der Waals surface area contributed by atoms with Gasteiger partial charge in [-0.3, -0.25) is 14.8 Å². The number of thiazole rings is 1. The topological polar surface area (TPSA) is 90.1 Å². The van der Waals surface area contributed by atoms with Gasteiger partial charge in [-0.1, -0.05) is 0 Å². The molecule has 1 aliphatic heterocycles. The summed E-state index contributed by atoms with van der Waals surface area (Å²) in [5.74, 6) is 0. The van der Waals surface area contributed by atoms with Crippen LogP contribution in [0.25, 0.3) is 5.65 Å². The number of nitrogens with one attached hydrogen (secondary N) is 1. The largest absolute Gasteiger partial charge is 0.295 e. The Labute approximate surface area is 135 Å². The molecule has 0 spiro atoms. The Morgan fingerprint density at radius 1 is 1.52 bits per heavy atom. The minimum absolute atomic E-state index is 0.198. The van der Waals surface area contributed by atoms with E-state index in [0.29, 0.717) is 23.4 Å². The van der Waals surface area contributed by atoms with Crippen LogP contribution in [0.4, 0.5) is 0 Å². The standard InChI is InChI=1S/C15H14N6OS/c16-7-10-8-18-21-13(22)6-11(19-14(10)21)9-20-4-1-2-12(20)15-17-3-5-23-15/h3,5-6,8,12,18H,1-2,4,9H2. The molecule has 1 fully saturated rings. The summed E-state index contributed by atoms with van der Waals surface area (Å²) in [7, 11) is 0. The Kier molecular flexibility index (Phi) is 3.44. The van der Waals surface area contributed by atoms with Gasteiger partial charge in [-0.15, -0.1) is 11.3 Å². The van der Waals surface area contributed by atoms with Crippen molar-refractivity contribution in [1.82, 2.24) is 24.5 Å². The van der Waals surface area contributed by atoms with Gasteiger partial charge in [0.25, 0.3) is 5.56 Å². The number of likely N-dealkylation sites (tertiary alicyclic amines) is 1. The molecule has 3 aromatic heterocycles. The highest BCUT2D eigenvalue weighted by atomic mass is 32.1. The van der Waals surface area contributed by atoms with Crippen molar-refractivity contribution in [3.63, 3.8) is 0 Å². The van der Waals surface area contributed by atoms with Crippen LogP contribution in [0.15, 0.2) is 28.6 Å². The summed E-state index contributed by atoms with van der Waals surface area (Å²) in [6.07, 6.45) is 5.51. The molecule has 0 aliphatic carbocycles. The molecule has 0 aromatic carbocycles. The third-order valence-corrected chi connectivity index (χ3v) is 5.01. The summed E-state index contributed by atoms with van der Waals surface area (Å²) in [6.45, 7) is 1.55. The highest BCUT2D eigenvalue weighted by Crippen LogP contribution is 2.33. The van der Waals surface area contributed by atoms with Crippen molar-refractivity contribution in [2.45, 2.75) is 25.4 Å². The molecule has 1 N–H and O–H groups in total. The molecule has 3 aromatic rings. The van der Waals surface area contributed by atoms with Crippen molar-refractivity contribution in [1.29, 1.82) is 5.26 Å². The molecule has 23 heavy (non-hydrogen) atoms. The first kappa shape index (κ1) is 14.1. The average molecular weight is 326 g/mol. The lowest BCUT2D eigenvalue weighted by atomic mass is 10.2. The zero-order valence-electron chi connectivity index (χ0n) is 12.3. The second-order valence-corrected chi connectivity index (χ2v) is 6.47. The molecular formula is C15H14N6OS. The van der Waals surface area contributed by atoms with Crippen LogP contribution in [0.2, 0.25) is 0 Å². The summed E-state index contributed by atoms with van der Waals surface area (Å²) >= 11 is 1.66. The fourth-order valence-corrected chi connectivity index (χ4v) is 3.90. The fraction of sp³-hybridized carbons (Fsp3) is 0.333. The van der Waals surface area contributed by atoms with E-state index in [0.717, 1.165) is 24.4 Å². The van der Waals surface area contributed by atoms with Crippen LogP contribution in [0.5, 0.6) is 0 Å². The van der Waals surface area contributed by atoms with Crippen molar-refractivity contribution in [2.24, 2.45) is 0 Å². The number of H-pyrrole nitrogens is 1. The van der Waals surface area contributed by atoms with Crippen molar-refractivity contribution >= 4 is 17.0 Å². The lowest BCUT2D eigenvalue weighted by Crippen LogP contribution is -2.25. The molecule has 8 heteroatoms. The summed E-state index contributed by atoms with van der Waals surface area (Å²) in [6, 6.07) is 3.87. The number of aromatic nitrogens is 4. The highest BCUT2D eigenvalue weighted by molar-refractivity contribution is 7.09. The van der Waals surface area contributed by atoms with Gasteiger partial charge in [-0.2, -0.15) is 5.26 Å². The van der Waals surface area contributed by atoms with Gasteiger partial charge in [0.15, 0.2) is 5.65 Å². The molecule has 0 amide bonds. The second kappa shape index (κ2) is 5.61. The van der Waals surface area contributed by atoms with Crippen molar-refractivity contribution < 1.29 is 0 Å². The first-order valence-corrected chi connectivity index (χ1v) is 8.28. The zero-order valence-corrected chi connectivity index (χ0v) is 13.1. The quantitative estimate of drug-likeness (QED) is 0.791. The Bertz CT molecular complexity index is 935. The van der Waals surface area contributed by atoms with Gasteiger partial charge < -0.3 is 0 Å². The summed E-state index contributed by atoms with van der Waals surface area (Å²) in [5, 5.41) is 15.0. The minimum Gasteiger partial charge on any atom is -0.295 e. The van der Waals surface area contributed by atoms with Gasteiger partial charge in [0, 0.05) is 30.4 Å². The fourth-order valence-electron chi connectivity index (χ4n) is 3.09. The monoisotopic (exact) mass is 326 g/mol. The first-order chi connectivity index (χ1) is 11.3. The predicted octanol–water partition coefficient (Wildman–Crippen LogP) is 1.69. The van der Waals surface area contributed by atoms with Crippen molar-refractivity contribution in [3.8, 4) is 6.07 Å². The number of hydrogen-bond acceptors (Lipinski definition) is 6. The molecule has 0 radical (unpaired) electrons. The SMILES string of the molecule is N#Cc1c[nH]n2c(=O)cc(CN3CCCC3c3nccs3)nc12. The Morgan fingerprint density at radius 3 is 3.22 bits per heavy atom. The van der Waals surface area contributed by atoms with E-state index >= 15 is 0 Å². The maximum atomic E-state index is 12.2. The van der Waals surface area contributed by atoms with Crippen LogP contribution in [-0.2, 0) is 6.54 Å². The van der Waals surface area contributed by atoms with E-state index < -0.39 is 0 Å². The summed E-state index contributed by atoms with van der Waals surface area (Å²) in [4.78, 5) is 23.4. The van der Waals surface area contributed by atoms with E-state index in [1.54, 1.807) is 11.3 Å². The first-order valence-electron chi connectivity index (χ1n) is 7.40. The van der Waals surface area contributed by atoms with Gasteiger partial charge in [-0.25, -0.2) is 14.5 Å². The lowest BCUT2D eigenvalue weighted by molar-refractivity contribution is 0.245. The highest BCUT2D eigenvalue weighted by Gasteiger charge is 2.28. The smallest absolute Gasteiger partial charge is 0.272 e. The van der Waals surface area contributed by atoms with Crippen LogP contribution in [-0.4, -0.2) is 31.0 Å². The third-order valence-electron chi connectivity index (χ3n) is 4.14. The predicted molar refractivity (Wildman–Crippen MR) is 85.0 cm³/mol. The maximum absolute atomic E-state index is 12.2. The van der Waals surface area contributed by atoms with E-state index in [2.05, 4.69) is 26.0 Å². The van der Waals surface area contributed by atoms with Gasteiger partial charge in [0.1, 0.15) is 16.6 Å². The number of fused-ring (bicyclic) bond motifs is 1. The van der Waals surface area contributed by atoms with Crippen LogP contribution in [0.3, 0.4) is 0 Å². The van der Waals surface area contributed by atoms with Gasteiger partial charge in [0.2, 0.25) is 0 Å². The van der Waals surface area contributed by atoms with E-state index in [-0.39, 0.29) is 11.6 Å². The Morgan fingerprint density at radius 2 is 2.43 bits per heavy atom. The molecule has 1 aliphatic rings. The Balaban J connectivity index is 1.67. The van der Waals surface area contributed by atoms with E-state index in [4.69, 9.17) is 5.26 Å². The van der Waals surface area contributed by atoms with Crippen LogP contribution in [0.1, 0.15) is 35.1 Å². The lowest BCUT2D eigenvalue weighted by Gasteiger charge is -2.22. The number of nitriles is 1. The molecular weight excluding hydrogens is 312 g/mol. The summed E-state index contributed by atoms with van der Waals surface area (Å²) in [5.41, 5.74) is 1.26. The number of aromatic amines is 1. The number of nitrogens with zero attached hydrogens (tertiary/aromatic N) is 5. The van der Waals surface area contributed by atoms with E-state index in [9.17, 15) is 4.79 Å². The zero-order chi connectivity index (χ0) is 15.8. The minimum atomic E-state index is -0.198. The number of rotatable bonds is 3. The molecule has 0 saturated carbocycles. The molecule has 7 nitrogen and oxygen atoms in total. The summed E-state index contributed by atoms with van der Waals surface area (Å²) < 4.78 is 1.30. The molecule has 1 saturated heterocycles. The molecule has 0 bridgehead atoms. The number of hydrogen-bond donors (Lipinski definition) is 1. The van der Waals surface area contributed by atoms with Crippen molar-refractivity contribution in [3.05, 3.63) is 50.5 Å². The molecule has 1 atom stereocenters. The van der Waals surface area contributed by atoms with E-state index in [1.807, 2.05) is 11.6 Å². The molecule has 116 valence electrons. The Hall–Kier alpha value is -2.50.